The van der Waals surface area contributed by atoms with Gasteiger partial charge in [0.15, 0.2) is 5.96 Å². The molecule has 5 nitrogen and oxygen atoms in total. The Morgan fingerprint density at radius 1 is 1.33 bits per heavy atom. The highest BCUT2D eigenvalue weighted by Gasteiger charge is 2.20. The normalized spacial score (nSPS) is 18.6. The second-order valence-electron chi connectivity index (χ2n) is 5.94. The molecule has 0 radical (unpaired) electrons. The number of likely N-dealkylation sites (tertiary alicyclic amines) is 1. The van der Waals surface area contributed by atoms with Crippen LogP contribution in [0.15, 0.2) is 29.3 Å². The SMILES string of the molecule is CCN1CCCCC1CNC(=NC)NCc1cccc(OC)c1.I. The number of halogens is 1. The number of methoxy groups -OCH3 is 1. The summed E-state index contributed by atoms with van der Waals surface area (Å²) in [5, 5.41) is 6.84. The maximum atomic E-state index is 5.26. The minimum absolute atomic E-state index is 0. The maximum Gasteiger partial charge on any atom is 0.191 e. The molecule has 1 fully saturated rings. The first-order valence-electron chi connectivity index (χ1n) is 8.58. The lowest BCUT2D eigenvalue weighted by molar-refractivity contribution is 0.157. The van der Waals surface area contributed by atoms with Crippen LogP contribution in [0.3, 0.4) is 0 Å². The molecule has 1 aromatic rings. The van der Waals surface area contributed by atoms with E-state index in [-0.39, 0.29) is 24.0 Å². The smallest absolute Gasteiger partial charge is 0.191 e. The molecule has 0 saturated carbocycles. The standard InChI is InChI=1S/C18H30N4O.HI/c1-4-22-11-6-5-9-16(22)14-21-18(19-2)20-13-15-8-7-10-17(12-15)23-3;/h7-8,10,12,16H,4-6,9,11,13-14H2,1-3H3,(H2,19,20,21);1H. The van der Waals surface area contributed by atoms with E-state index in [0.29, 0.717) is 6.04 Å². The highest BCUT2D eigenvalue weighted by atomic mass is 127. The molecule has 0 aliphatic carbocycles. The molecule has 2 N–H and O–H groups in total. The third-order valence-corrected chi connectivity index (χ3v) is 4.48. The van der Waals surface area contributed by atoms with Gasteiger partial charge in [-0.1, -0.05) is 25.5 Å². The van der Waals surface area contributed by atoms with E-state index in [2.05, 4.69) is 33.5 Å². The maximum absolute atomic E-state index is 5.26. The first-order chi connectivity index (χ1) is 11.3. The lowest BCUT2D eigenvalue weighted by atomic mass is 10.0. The van der Waals surface area contributed by atoms with E-state index in [4.69, 9.17) is 4.74 Å². The van der Waals surface area contributed by atoms with Crippen molar-refractivity contribution in [1.82, 2.24) is 15.5 Å². The molecule has 0 amide bonds. The van der Waals surface area contributed by atoms with Crippen LogP contribution in [0.2, 0.25) is 0 Å². The van der Waals surface area contributed by atoms with E-state index in [0.717, 1.165) is 31.3 Å². The summed E-state index contributed by atoms with van der Waals surface area (Å²) >= 11 is 0. The van der Waals surface area contributed by atoms with Crippen LogP contribution < -0.4 is 15.4 Å². The molecule has 2 rings (SSSR count). The zero-order chi connectivity index (χ0) is 16.5. The van der Waals surface area contributed by atoms with Crippen LogP contribution in [-0.4, -0.2) is 50.7 Å². The lowest BCUT2D eigenvalue weighted by Gasteiger charge is -2.35. The molecule has 1 unspecified atom stereocenters. The Balaban J connectivity index is 0.00000288. The van der Waals surface area contributed by atoms with Crippen molar-refractivity contribution in [3.63, 3.8) is 0 Å². The van der Waals surface area contributed by atoms with Crippen molar-refractivity contribution < 1.29 is 4.74 Å². The highest BCUT2D eigenvalue weighted by molar-refractivity contribution is 14.0. The van der Waals surface area contributed by atoms with E-state index < -0.39 is 0 Å². The van der Waals surface area contributed by atoms with Gasteiger partial charge in [-0.05, 0) is 43.6 Å². The molecule has 1 aliphatic rings. The van der Waals surface area contributed by atoms with Gasteiger partial charge in [-0.3, -0.25) is 9.89 Å². The van der Waals surface area contributed by atoms with E-state index in [9.17, 15) is 0 Å². The number of nitrogens with one attached hydrogen (secondary N) is 2. The first-order valence-corrected chi connectivity index (χ1v) is 8.58. The van der Waals surface area contributed by atoms with Gasteiger partial charge >= 0.3 is 0 Å². The molecule has 1 aliphatic heterocycles. The van der Waals surface area contributed by atoms with Crippen LogP contribution in [0.5, 0.6) is 5.75 Å². The number of hydrogen-bond acceptors (Lipinski definition) is 3. The number of rotatable bonds is 6. The van der Waals surface area contributed by atoms with Gasteiger partial charge in [0, 0.05) is 26.2 Å². The number of piperidine rings is 1. The van der Waals surface area contributed by atoms with Gasteiger partial charge in [-0.15, -0.1) is 24.0 Å². The van der Waals surface area contributed by atoms with Crippen LogP contribution in [0.4, 0.5) is 0 Å². The zero-order valence-corrected chi connectivity index (χ0v) is 17.4. The molecular weight excluding hydrogens is 415 g/mol. The monoisotopic (exact) mass is 446 g/mol. The van der Waals surface area contributed by atoms with Crippen LogP contribution in [0.1, 0.15) is 31.7 Å². The molecule has 1 heterocycles. The molecule has 136 valence electrons. The van der Waals surface area contributed by atoms with Gasteiger partial charge in [0.25, 0.3) is 0 Å². The average Bonchev–Trinajstić information content (AvgIpc) is 2.62. The molecular formula is C18H31IN4O. The Morgan fingerprint density at radius 3 is 2.88 bits per heavy atom. The largest absolute Gasteiger partial charge is 0.497 e. The van der Waals surface area contributed by atoms with Crippen molar-refractivity contribution >= 4 is 29.9 Å². The first kappa shape index (κ1) is 21.0. The number of likely N-dealkylation sites (N-methyl/N-ethyl adjacent to an activating group) is 1. The summed E-state index contributed by atoms with van der Waals surface area (Å²) in [6, 6.07) is 8.71. The summed E-state index contributed by atoms with van der Waals surface area (Å²) in [6.07, 6.45) is 3.93. The molecule has 6 heteroatoms. The average molecular weight is 446 g/mol. The van der Waals surface area contributed by atoms with Crippen LogP contribution >= 0.6 is 24.0 Å². The fraction of sp³-hybridized carbons (Fsp3) is 0.611. The fourth-order valence-electron chi connectivity index (χ4n) is 3.11. The second kappa shape index (κ2) is 11.5. The van der Waals surface area contributed by atoms with Crippen LogP contribution in [0.25, 0.3) is 0 Å². The number of aliphatic imine (C=N–C) groups is 1. The van der Waals surface area contributed by atoms with Crippen molar-refractivity contribution in [2.24, 2.45) is 4.99 Å². The van der Waals surface area contributed by atoms with Crippen LogP contribution in [0, 0.1) is 0 Å². The Labute approximate surface area is 163 Å². The molecule has 1 saturated heterocycles. The quantitative estimate of drug-likeness (QED) is 0.401. The van der Waals surface area contributed by atoms with Gasteiger partial charge in [-0.2, -0.15) is 0 Å². The molecule has 0 bridgehead atoms. The third-order valence-electron chi connectivity index (χ3n) is 4.48. The number of hydrogen-bond donors (Lipinski definition) is 2. The third kappa shape index (κ3) is 6.47. The van der Waals surface area contributed by atoms with Gasteiger partial charge in [0.2, 0.25) is 0 Å². The summed E-state index contributed by atoms with van der Waals surface area (Å²) in [7, 11) is 3.51. The summed E-state index contributed by atoms with van der Waals surface area (Å²) in [6.45, 7) is 6.28. The Kier molecular flexibility index (Phi) is 10.1. The minimum Gasteiger partial charge on any atom is -0.497 e. The Morgan fingerprint density at radius 2 is 2.17 bits per heavy atom. The van der Waals surface area contributed by atoms with E-state index in [1.807, 2.05) is 25.2 Å². The predicted molar refractivity (Wildman–Crippen MR) is 111 cm³/mol. The number of benzene rings is 1. The summed E-state index contributed by atoms with van der Waals surface area (Å²) in [5.41, 5.74) is 1.18. The minimum atomic E-state index is 0. The van der Waals surface area contributed by atoms with Gasteiger partial charge in [0.1, 0.15) is 5.75 Å². The van der Waals surface area contributed by atoms with E-state index in [1.54, 1.807) is 7.11 Å². The van der Waals surface area contributed by atoms with Crippen molar-refractivity contribution in [1.29, 1.82) is 0 Å². The number of ether oxygens (including phenoxy) is 1. The van der Waals surface area contributed by atoms with Crippen molar-refractivity contribution in [3.8, 4) is 5.75 Å². The molecule has 24 heavy (non-hydrogen) atoms. The Bertz CT molecular complexity index is 510. The molecule has 0 spiro atoms. The molecule has 1 aromatic carbocycles. The summed E-state index contributed by atoms with van der Waals surface area (Å²) in [4.78, 5) is 6.89. The van der Waals surface area contributed by atoms with E-state index >= 15 is 0 Å². The zero-order valence-electron chi connectivity index (χ0n) is 15.0. The fourth-order valence-corrected chi connectivity index (χ4v) is 3.11. The van der Waals surface area contributed by atoms with Crippen molar-refractivity contribution in [2.75, 3.05) is 33.8 Å². The summed E-state index contributed by atoms with van der Waals surface area (Å²) < 4.78 is 5.26. The second-order valence-corrected chi connectivity index (χ2v) is 5.94. The topological polar surface area (TPSA) is 48.9 Å². The van der Waals surface area contributed by atoms with Crippen LogP contribution in [-0.2, 0) is 6.54 Å². The van der Waals surface area contributed by atoms with Crippen molar-refractivity contribution in [2.45, 2.75) is 38.8 Å². The van der Waals surface area contributed by atoms with Gasteiger partial charge in [0.05, 0.1) is 7.11 Å². The van der Waals surface area contributed by atoms with Gasteiger partial charge < -0.3 is 15.4 Å². The lowest BCUT2D eigenvalue weighted by Crippen LogP contribution is -2.48. The van der Waals surface area contributed by atoms with Gasteiger partial charge in [-0.25, -0.2) is 0 Å². The van der Waals surface area contributed by atoms with Crippen molar-refractivity contribution in [3.05, 3.63) is 29.8 Å². The number of nitrogens with zero attached hydrogens (tertiary/aromatic N) is 2. The van der Waals surface area contributed by atoms with E-state index in [1.165, 1.54) is 31.4 Å². The number of guanidine groups is 1. The Hall–Kier alpha value is -1.02. The predicted octanol–water partition coefficient (Wildman–Crippen LogP) is 2.85. The summed E-state index contributed by atoms with van der Waals surface area (Å²) in [5.74, 6) is 1.74. The molecule has 0 aromatic heterocycles. The highest BCUT2D eigenvalue weighted by Crippen LogP contribution is 2.15. The molecule has 1 atom stereocenters.